The first-order valence-electron chi connectivity index (χ1n) is 9.84. The number of amides is 2. The Kier molecular flexibility index (Phi) is 6.04. The zero-order chi connectivity index (χ0) is 22.7. The van der Waals surface area contributed by atoms with Crippen molar-refractivity contribution in [2.24, 2.45) is 0 Å². The number of anilines is 2. The Morgan fingerprint density at radius 3 is 2.41 bits per heavy atom. The SMILES string of the molecule is O=C(Nc1ccc(N2CCCC2=O)cc1)c1ccc(Oc2ccc(Cl)cc2[N+](=O)[O-])cc1. The first-order chi connectivity index (χ1) is 15.4. The van der Waals surface area contributed by atoms with Crippen LogP contribution in [0.5, 0.6) is 11.5 Å². The molecule has 8 nitrogen and oxygen atoms in total. The molecule has 162 valence electrons. The van der Waals surface area contributed by atoms with Crippen molar-refractivity contribution in [3.8, 4) is 11.5 Å². The van der Waals surface area contributed by atoms with Crippen molar-refractivity contribution in [3.05, 3.63) is 87.4 Å². The summed E-state index contributed by atoms with van der Waals surface area (Å²) in [4.78, 5) is 36.7. The lowest BCUT2D eigenvalue weighted by Gasteiger charge is -2.16. The van der Waals surface area contributed by atoms with Crippen LogP contribution in [-0.2, 0) is 4.79 Å². The van der Waals surface area contributed by atoms with Gasteiger partial charge in [0.1, 0.15) is 5.75 Å². The molecule has 4 rings (SSSR count). The van der Waals surface area contributed by atoms with Gasteiger partial charge < -0.3 is 15.0 Å². The van der Waals surface area contributed by atoms with Crippen molar-refractivity contribution in [2.45, 2.75) is 12.8 Å². The maximum Gasteiger partial charge on any atom is 0.313 e. The van der Waals surface area contributed by atoms with E-state index in [9.17, 15) is 19.7 Å². The fourth-order valence-corrected chi connectivity index (χ4v) is 3.54. The predicted molar refractivity (Wildman–Crippen MR) is 121 cm³/mol. The number of hydrogen-bond acceptors (Lipinski definition) is 5. The molecule has 0 unspecified atom stereocenters. The highest BCUT2D eigenvalue weighted by atomic mass is 35.5. The van der Waals surface area contributed by atoms with Crippen LogP contribution in [0.3, 0.4) is 0 Å². The lowest BCUT2D eigenvalue weighted by molar-refractivity contribution is -0.385. The molecule has 3 aromatic carbocycles. The predicted octanol–water partition coefficient (Wildman–Crippen LogP) is 5.42. The molecule has 0 aliphatic carbocycles. The maximum absolute atomic E-state index is 12.5. The zero-order valence-electron chi connectivity index (χ0n) is 16.8. The number of ether oxygens (including phenoxy) is 1. The number of nitro groups is 1. The minimum absolute atomic E-state index is 0.0492. The van der Waals surface area contributed by atoms with Crippen LogP contribution in [0, 0.1) is 10.1 Å². The number of carbonyl (C=O) groups is 2. The van der Waals surface area contributed by atoms with Crippen molar-refractivity contribution in [2.75, 3.05) is 16.8 Å². The van der Waals surface area contributed by atoms with Crippen molar-refractivity contribution in [3.63, 3.8) is 0 Å². The number of halogens is 1. The molecule has 0 bridgehead atoms. The summed E-state index contributed by atoms with van der Waals surface area (Å²) in [7, 11) is 0. The summed E-state index contributed by atoms with van der Waals surface area (Å²) in [5.41, 5.74) is 1.55. The van der Waals surface area contributed by atoms with Crippen molar-refractivity contribution < 1.29 is 19.2 Å². The van der Waals surface area contributed by atoms with Gasteiger partial charge in [0.2, 0.25) is 11.7 Å². The minimum atomic E-state index is -0.575. The van der Waals surface area contributed by atoms with Crippen LogP contribution in [0.2, 0.25) is 5.02 Å². The van der Waals surface area contributed by atoms with Gasteiger partial charge in [-0.15, -0.1) is 0 Å². The summed E-state index contributed by atoms with van der Waals surface area (Å²) in [6, 6.07) is 17.4. The molecule has 1 aliphatic heterocycles. The summed E-state index contributed by atoms with van der Waals surface area (Å²) in [5, 5.41) is 14.2. The Bertz CT molecular complexity index is 1180. The lowest BCUT2D eigenvalue weighted by Crippen LogP contribution is -2.23. The first kappa shape index (κ1) is 21.3. The van der Waals surface area contributed by atoms with Gasteiger partial charge in [0.25, 0.3) is 5.91 Å². The molecule has 1 saturated heterocycles. The maximum atomic E-state index is 12.5. The standard InChI is InChI=1S/C23H18ClN3O5/c24-16-5-12-21(20(14-16)27(30)31)32-19-10-3-15(4-11-19)23(29)25-17-6-8-18(9-7-17)26-13-1-2-22(26)28/h3-12,14H,1-2,13H2,(H,25,29). The summed E-state index contributed by atoms with van der Waals surface area (Å²) >= 11 is 5.81. The van der Waals surface area contributed by atoms with Gasteiger partial charge in [-0.05, 0) is 67.1 Å². The Balaban J connectivity index is 1.41. The number of carbonyl (C=O) groups excluding carboxylic acids is 2. The normalized spacial score (nSPS) is 13.2. The summed E-state index contributed by atoms with van der Waals surface area (Å²) < 4.78 is 5.59. The molecule has 0 aromatic heterocycles. The van der Waals surface area contributed by atoms with E-state index in [0.717, 1.165) is 12.1 Å². The average molecular weight is 452 g/mol. The average Bonchev–Trinajstić information content (AvgIpc) is 3.21. The molecule has 9 heteroatoms. The summed E-state index contributed by atoms with van der Waals surface area (Å²) in [6.45, 7) is 0.706. The second-order valence-corrected chi connectivity index (χ2v) is 7.58. The monoisotopic (exact) mass is 451 g/mol. The fraction of sp³-hybridized carbons (Fsp3) is 0.130. The largest absolute Gasteiger partial charge is 0.450 e. The lowest BCUT2D eigenvalue weighted by atomic mass is 10.2. The number of rotatable bonds is 6. The number of hydrogen-bond donors (Lipinski definition) is 1. The number of nitrogens with zero attached hydrogens (tertiary/aromatic N) is 2. The van der Waals surface area contributed by atoms with Gasteiger partial charge >= 0.3 is 5.69 Å². The van der Waals surface area contributed by atoms with Gasteiger partial charge in [-0.25, -0.2) is 0 Å². The van der Waals surface area contributed by atoms with E-state index < -0.39 is 4.92 Å². The second kappa shape index (κ2) is 9.07. The smallest absolute Gasteiger partial charge is 0.313 e. The molecule has 2 amide bonds. The van der Waals surface area contributed by atoms with Gasteiger partial charge in [0, 0.05) is 41.0 Å². The molecule has 0 saturated carbocycles. The van der Waals surface area contributed by atoms with E-state index in [4.69, 9.17) is 16.3 Å². The minimum Gasteiger partial charge on any atom is -0.450 e. The summed E-state index contributed by atoms with van der Waals surface area (Å²) in [5.74, 6) is 0.173. The zero-order valence-corrected chi connectivity index (χ0v) is 17.5. The van der Waals surface area contributed by atoms with Crippen LogP contribution in [0.25, 0.3) is 0 Å². The Labute approximate surface area is 188 Å². The highest BCUT2D eigenvalue weighted by molar-refractivity contribution is 6.30. The molecule has 0 radical (unpaired) electrons. The van der Waals surface area contributed by atoms with E-state index in [2.05, 4.69) is 5.32 Å². The topological polar surface area (TPSA) is 102 Å². The van der Waals surface area contributed by atoms with Crippen LogP contribution in [0.15, 0.2) is 66.7 Å². The number of nitro benzene ring substituents is 1. The van der Waals surface area contributed by atoms with Crippen LogP contribution >= 0.6 is 11.6 Å². The molecule has 0 spiro atoms. The molecule has 1 aliphatic rings. The molecule has 1 N–H and O–H groups in total. The van der Waals surface area contributed by atoms with Gasteiger partial charge in [0.05, 0.1) is 4.92 Å². The fourth-order valence-electron chi connectivity index (χ4n) is 3.37. The Morgan fingerprint density at radius 1 is 1.06 bits per heavy atom. The van der Waals surface area contributed by atoms with Gasteiger partial charge in [-0.3, -0.25) is 19.7 Å². The molecule has 32 heavy (non-hydrogen) atoms. The Hall–Kier alpha value is -3.91. The van der Waals surface area contributed by atoms with E-state index >= 15 is 0 Å². The van der Waals surface area contributed by atoms with Crippen LogP contribution in [-0.4, -0.2) is 23.3 Å². The Morgan fingerprint density at radius 2 is 1.78 bits per heavy atom. The van der Waals surface area contributed by atoms with Crippen molar-refractivity contribution in [1.29, 1.82) is 0 Å². The molecule has 1 heterocycles. The molecule has 0 atom stereocenters. The molecular formula is C23H18ClN3O5. The van der Waals surface area contributed by atoms with Crippen LogP contribution in [0.1, 0.15) is 23.2 Å². The van der Waals surface area contributed by atoms with Crippen molar-refractivity contribution >= 4 is 40.5 Å². The van der Waals surface area contributed by atoms with E-state index in [1.165, 1.54) is 18.2 Å². The second-order valence-electron chi connectivity index (χ2n) is 7.15. The van der Waals surface area contributed by atoms with Crippen LogP contribution in [0.4, 0.5) is 17.1 Å². The number of nitrogens with one attached hydrogen (secondary N) is 1. The quantitative estimate of drug-likeness (QED) is 0.398. The van der Waals surface area contributed by atoms with Gasteiger partial charge in [-0.1, -0.05) is 11.6 Å². The summed E-state index contributed by atoms with van der Waals surface area (Å²) in [6.07, 6.45) is 1.41. The molecular weight excluding hydrogens is 434 g/mol. The van der Waals surface area contributed by atoms with Gasteiger partial charge in [-0.2, -0.15) is 0 Å². The highest BCUT2D eigenvalue weighted by Crippen LogP contribution is 2.33. The number of benzene rings is 3. The van der Waals surface area contributed by atoms with Crippen molar-refractivity contribution in [1.82, 2.24) is 0 Å². The first-order valence-corrected chi connectivity index (χ1v) is 10.2. The third-order valence-electron chi connectivity index (χ3n) is 4.97. The third kappa shape index (κ3) is 4.70. The third-order valence-corrected chi connectivity index (χ3v) is 5.21. The molecule has 3 aromatic rings. The molecule has 1 fully saturated rings. The highest BCUT2D eigenvalue weighted by Gasteiger charge is 2.21. The van der Waals surface area contributed by atoms with E-state index in [-0.39, 0.29) is 28.3 Å². The van der Waals surface area contributed by atoms with E-state index in [0.29, 0.717) is 30.0 Å². The van der Waals surface area contributed by atoms with Gasteiger partial charge in [0.15, 0.2) is 0 Å². The van der Waals surface area contributed by atoms with E-state index in [1.54, 1.807) is 53.4 Å². The van der Waals surface area contributed by atoms with E-state index in [1.807, 2.05) is 0 Å². The van der Waals surface area contributed by atoms with Crippen LogP contribution < -0.4 is 15.0 Å².